The number of ether oxygens (including phenoxy) is 1. The van der Waals surface area contributed by atoms with Gasteiger partial charge in [0.15, 0.2) is 5.82 Å². The van der Waals surface area contributed by atoms with Gasteiger partial charge in [-0.2, -0.15) is 9.47 Å². The summed E-state index contributed by atoms with van der Waals surface area (Å²) in [6, 6.07) is 1.81. The lowest BCUT2D eigenvalue weighted by molar-refractivity contribution is 0.0927. The first-order valence-corrected chi connectivity index (χ1v) is 8.30. The normalized spacial score (nSPS) is 18.2. The minimum absolute atomic E-state index is 0.0908. The van der Waals surface area contributed by atoms with Crippen molar-refractivity contribution in [3.63, 3.8) is 0 Å². The molecule has 0 aliphatic carbocycles. The Bertz CT molecular complexity index is 670. The number of hydrogen-bond acceptors (Lipinski definition) is 7. The number of carbonyl (C=O) groups is 1. The summed E-state index contributed by atoms with van der Waals surface area (Å²) in [6.07, 6.45) is 3.73. The summed E-state index contributed by atoms with van der Waals surface area (Å²) in [4.78, 5) is 18.9. The fourth-order valence-corrected chi connectivity index (χ4v) is 3.33. The zero-order valence-corrected chi connectivity index (χ0v) is 14.0. The van der Waals surface area contributed by atoms with E-state index in [1.54, 1.807) is 31.1 Å². The van der Waals surface area contributed by atoms with Gasteiger partial charge in [-0.25, -0.2) is 4.98 Å². The highest BCUT2D eigenvalue weighted by molar-refractivity contribution is 7.09. The van der Waals surface area contributed by atoms with Crippen molar-refractivity contribution in [2.45, 2.75) is 25.5 Å². The molecule has 0 saturated carbocycles. The Balaban J connectivity index is 1.60. The topological polar surface area (TPSA) is 85.2 Å². The summed E-state index contributed by atoms with van der Waals surface area (Å²) in [7, 11) is 3.43. The molecule has 2 aromatic heterocycles. The highest BCUT2D eigenvalue weighted by Gasteiger charge is 2.24. The predicted octanol–water partition coefficient (Wildman–Crippen LogP) is 0.817. The largest absolute Gasteiger partial charge is 0.377 e. The van der Waals surface area contributed by atoms with E-state index in [-0.39, 0.29) is 11.9 Å². The highest BCUT2D eigenvalue weighted by Crippen LogP contribution is 2.22. The molecule has 1 saturated heterocycles. The Kier molecular flexibility index (Phi) is 4.87. The number of nitrogens with zero attached hydrogens (tertiary/aromatic N) is 5. The number of piperidine rings is 1. The summed E-state index contributed by atoms with van der Waals surface area (Å²) in [5.41, 5.74) is 0.447. The molecule has 124 valence electrons. The number of aryl methyl sites for hydroxylation is 1. The third-order valence-electron chi connectivity index (χ3n) is 3.70. The molecule has 1 fully saturated rings. The van der Waals surface area contributed by atoms with Crippen LogP contribution in [-0.4, -0.2) is 51.3 Å². The molecule has 9 heteroatoms. The van der Waals surface area contributed by atoms with Gasteiger partial charge in [-0.15, -0.1) is 0 Å². The van der Waals surface area contributed by atoms with Gasteiger partial charge in [0.05, 0.1) is 0 Å². The number of carbonyl (C=O) groups excluding carboxylic acids is 1. The monoisotopic (exact) mass is 336 g/mol. The number of rotatable bonds is 5. The zero-order chi connectivity index (χ0) is 16.2. The molecular weight excluding hydrogens is 316 g/mol. The van der Waals surface area contributed by atoms with E-state index < -0.39 is 0 Å². The molecule has 1 atom stereocenters. The standard InChI is InChI=1S/C14H20N6O2S/c1-19-7-5-11(17-19)13(21)15-10-4-3-6-20(8-10)14-16-12(9-22-2)18-23-14/h5,7,10H,3-4,6,8-9H2,1-2H3,(H,15,21). The SMILES string of the molecule is COCc1nsc(N2CCCC(NC(=O)c3ccn(C)n3)C2)n1. The first-order chi connectivity index (χ1) is 11.2. The number of amides is 1. The lowest BCUT2D eigenvalue weighted by Crippen LogP contribution is -2.48. The third kappa shape index (κ3) is 3.85. The Labute approximate surface area is 138 Å². The average Bonchev–Trinajstić information content (AvgIpc) is 3.17. The Morgan fingerprint density at radius 2 is 2.43 bits per heavy atom. The molecule has 3 rings (SSSR count). The molecule has 3 heterocycles. The number of methoxy groups -OCH3 is 1. The summed E-state index contributed by atoms with van der Waals surface area (Å²) in [5.74, 6) is 0.571. The van der Waals surface area contributed by atoms with Gasteiger partial charge in [-0.1, -0.05) is 0 Å². The van der Waals surface area contributed by atoms with Crippen molar-refractivity contribution < 1.29 is 9.53 Å². The number of anilines is 1. The third-order valence-corrected chi connectivity index (χ3v) is 4.52. The number of nitrogens with one attached hydrogen (secondary N) is 1. The maximum absolute atomic E-state index is 12.2. The van der Waals surface area contributed by atoms with Crippen LogP contribution in [0.25, 0.3) is 0 Å². The lowest BCUT2D eigenvalue weighted by atomic mass is 10.1. The summed E-state index contributed by atoms with van der Waals surface area (Å²) >= 11 is 1.37. The maximum atomic E-state index is 12.2. The van der Waals surface area contributed by atoms with E-state index in [1.165, 1.54) is 11.5 Å². The molecule has 0 bridgehead atoms. The van der Waals surface area contributed by atoms with Gasteiger partial charge < -0.3 is 15.0 Å². The smallest absolute Gasteiger partial charge is 0.272 e. The van der Waals surface area contributed by atoms with E-state index in [0.29, 0.717) is 18.1 Å². The van der Waals surface area contributed by atoms with Crippen molar-refractivity contribution in [1.82, 2.24) is 24.5 Å². The molecule has 23 heavy (non-hydrogen) atoms. The van der Waals surface area contributed by atoms with Crippen LogP contribution >= 0.6 is 11.5 Å². The van der Waals surface area contributed by atoms with Crippen LogP contribution in [0.15, 0.2) is 12.3 Å². The van der Waals surface area contributed by atoms with Crippen molar-refractivity contribution in [2.24, 2.45) is 7.05 Å². The van der Waals surface area contributed by atoms with Crippen LogP contribution in [0.4, 0.5) is 5.13 Å². The second-order valence-electron chi connectivity index (χ2n) is 5.56. The molecule has 8 nitrogen and oxygen atoms in total. The second-order valence-corrected chi connectivity index (χ2v) is 6.29. The van der Waals surface area contributed by atoms with Gasteiger partial charge in [-0.05, 0) is 18.9 Å². The highest BCUT2D eigenvalue weighted by atomic mass is 32.1. The van der Waals surface area contributed by atoms with Gasteiger partial charge in [0.1, 0.15) is 12.3 Å². The van der Waals surface area contributed by atoms with E-state index in [9.17, 15) is 4.79 Å². The Morgan fingerprint density at radius 3 is 3.17 bits per heavy atom. The average molecular weight is 336 g/mol. The molecule has 2 aromatic rings. The summed E-state index contributed by atoms with van der Waals surface area (Å²) < 4.78 is 11.0. The van der Waals surface area contributed by atoms with E-state index in [4.69, 9.17) is 4.74 Å². The molecule has 1 unspecified atom stereocenters. The van der Waals surface area contributed by atoms with Crippen molar-refractivity contribution in [1.29, 1.82) is 0 Å². The molecule has 0 spiro atoms. The minimum atomic E-state index is -0.130. The Hall–Kier alpha value is -2.00. The minimum Gasteiger partial charge on any atom is -0.377 e. The van der Waals surface area contributed by atoms with Gasteiger partial charge in [0.25, 0.3) is 5.91 Å². The molecule has 1 N–H and O–H groups in total. The van der Waals surface area contributed by atoms with Crippen LogP contribution in [0.3, 0.4) is 0 Å². The zero-order valence-electron chi connectivity index (χ0n) is 13.2. The fourth-order valence-electron chi connectivity index (χ4n) is 2.63. The summed E-state index contributed by atoms with van der Waals surface area (Å²) in [6.45, 7) is 2.09. The number of hydrogen-bond donors (Lipinski definition) is 1. The first kappa shape index (κ1) is 15.9. The van der Waals surface area contributed by atoms with Crippen molar-refractivity contribution >= 4 is 22.6 Å². The van der Waals surface area contributed by atoms with Crippen LogP contribution in [0.5, 0.6) is 0 Å². The van der Waals surface area contributed by atoms with Crippen LogP contribution in [0, 0.1) is 0 Å². The second kappa shape index (κ2) is 7.05. The maximum Gasteiger partial charge on any atom is 0.272 e. The van der Waals surface area contributed by atoms with Crippen molar-refractivity contribution in [2.75, 3.05) is 25.1 Å². The lowest BCUT2D eigenvalue weighted by Gasteiger charge is -2.32. The van der Waals surface area contributed by atoms with E-state index in [1.807, 2.05) is 0 Å². The van der Waals surface area contributed by atoms with Crippen LogP contribution in [0.1, 0.15) is 29.2 Å². The molecular formula is C14H20N6O2S. The van der Waals surface area contributed by atoms with Gasteiger partial charge >= 0.3 is 0 Å². The Morgan fingerprint density at radius 1 is 1.57 bits per heavy atom. The van der Waals surface area contributed by atoms with E-state index >= 15 is 0 Å². The molecule has 0 aromatic carbocycles. The van der Waals surface area contributed by atoms with Gasteiger partial charge in [0, 0.05) is 51.0 Å². The first-order valence-electron chi connectivity index (χ1n) is 7.52. The number of aromatic nitrogens is 4. The van der Waals surface area contributed by atoms with E-state index in [0.717, 1.165) is 31.1 Å². The summed E-state index contributed by atoms with van der Waals surface area (Å²) in [5, 5.41) is 8.07. The van der Waals surface area contributed by atoms with E-state index in [2.05, 4.69) is 24.7 Å². The van der Waals surface area contributed by atoms with Gasteiger partial charge in [-0.3, -0.25) is 9.48 Å². The molecule has 0 radical (unpaired) electrons. The van der Waals surface area contributed by atoms with Crippen molar-refractivity contribution in [3.8, 4) is 0 Å². The van der Waals surface area contributed by atoms with Crippen LogP contribution in [0.2, 0.25) is 0 Å². The predicted molar refractivity (Wildman–Crippen MR) is 86.5 cm³/mol. The fraction of sp³-hybridized carbons (Fsp3) is 0.571. The quantitative estimate of drug-likeness (QED) is 0.870. The molecule has 1 aliphatic rings. The van der Waals surface area contributed by atoms with Crippen LogP contribution in [-0.2, 0) is 18.4 Å². The molecule has 1 aliphatic heterocycles. The van der Waals surface area contributed by atoms with Crippen molar-refractivity contribution in [3.05, 3.63) is 23.8 Å². The molecule has 1 amide bonds. The van der Waals surface area contributed by atoms with Gasteiger partial charge in [0.2, 0.25) is 5.13 Å². The van der Waals surface area contributed by atoms with Crippen LogP contribution < -0.4 is 10.2 Å².